The standard InChI is InChI=1S/C26H15N3/c27-16-18-14-20(17-28)26(23(15-18)19-8-2-1-3-9-19)29-24-12-6-4-10-21(24)22-11-5-7-13-25(22)29/h1-15H. The Balaban J connectivity index is 2.00. The zero-order valence-electron chi connectivity index (χ0n) is 15.5. The first-order valence-corrected chi connectivity index (χ1v) is 9.34. The summed E-state index contributed by atoms with van der Waals surface area (Å²) < 4.78 is 2.15. The van der Waals surface area contributed by atoms with Crippen LogP contribution in [-0.2, 0) is 0 Å². The van der Waals surface area contributed by atoms with Gasteiger partial charge in [0.1, 0.15) is 6.07 Å². The van der Waals surface area contributed by atoms with Crippen molar-refractivity contribution in [1.82, 2.24) is 4.57 Å². The zero-order chi connectivity index (χ0) is 19.8. The van der Waals surface area contributed by atoms with Crippen LogP contribution in [0.2, 0.25) is 0 Å². The summed E-state index contributed by atoms with van der Waals surface area (Å²) >= 11 is 0. The fourth-order valence-electron chi connectivity index (χ4n) is 4.03. The highest BCUT2D eigenvalue weighted by atomic mass is 15.0. The lowest BCUT2D eigenvalue weighted by atomic mass is 9.97. The first kappa shape index (κ1) is 16.8. The van der Waals surface area contributed by atoms with E-state index in [1.165, 1.54) is 0 Å². The molecule has 1 heterocycles. The van der Waals surface area contributed by atoms with Gasteiger partial charge in [0.05, 0.1) is 33.9 Å². The van der Waals surface area contributed by atoms with E-state index in [9.17, 15) is 10.5 Å². The van der Waals surface area contributed by atoms with Crippen molar-refractivity contribution in [2.45, 2.75) is 0 Å². The number of benzene rings is 4. The van der Waals surface area contributed by atoms with Crippen molar-refractivity contribution in [2.75, 3.05) is 0 Å². The van der Waals surface area contributed by atoms with E-state index in [-0.39, 0.29) is 0 Å². The highest BCUT2D eigenvalue weighted by molar-refractivity contribution is 6.10. The zero-order valence-corrected chi connectivity index (χ0v) is 15.5. The van der Waals surface area contributed by atoms with Crippen LogP contribution in [0.25, 0.3) is 38.6 Å². The second kappa shape index (κ2) is 6.68. The molecule has 0 radical (unpaired) electrons. The van der Waals surface area contributed by atoms with Gasteiger partial charge < -0.3 is 4.57 Å². The van der Waals surface area contributed by atoms with Gasteiger partial charge in [-0.25, -0.2) is 0 Å². The van der Waals surface area contributed by atoms with Gasteiger partial charge in [-0.2, -0.15) is 10.5 Å². The predicted molar refractivity (Wildman–Crippen MR) is 116 cm³/mol. The third-order valence-electron chi connectivity index (χ3n) is 5.25. The van der Waals surface area contributed by atoms with Crippen LogP contribution < -0.4 is 0 Å². The minimum atomic E-state index is 0.477. The number of para-hydroxylation sites is 2. The van der Waals surface area contributed by atoms with Crippen molar-refractivity contribution in [1.29, 1.82) is 10.5 Å². The lowest BCUT2D eigenvalue weighted by Gasteiger charge is -2.16. The summed E-state index contributed by atoms with van der Waals surface area (Å²) in [6.45, 7) is 0. The molecule has 0 N–H and O–H groups in total. The molecule has 0 aliphatic carbocycles. The SMILES string of the molecule is N#Cc1cc(C#N)c(-n2c3ccccc3c3ccccc32)c(-c2ccccc2)c1. The molecule has 0 saturated heterocycles. The molecule has 0 bridgehead atoms. The third-order valence-corrected chi connectivity index (χ3v) is 5.25. The Morgan fingerprint density at radius 3 is 1.79 bits per heavy atom. The summed E-state index contributed by atoms with van der Waals surface area (Å²) in [6, 6.07) is 34.4. The summed E-state index contributed by atoms with van der Waals surface area (Å²) in [6.07, 6.45) is 0. The number of fused-ring (bicyclic) bond motifs is 3. The van der Waals surface area contributed by atoms with Gasteiger partial charge in [-0.1, -0.05) is 66.7 Å². The largest absolute Gasteiger partial charge is 0.307 e. The topological polar surface area (TPSA) is 52.5 Å². The predicted octanol–water partition coefficient (Wildman–Crippen LogP) is 6.19. The van der Waals surface area contributed by atoms with Gasteiger partial charge in [-0.3, -0.25) is 0 Å². The molecular weight excluding hydrogens is 354 g/mol. The third kappa shape index (κ3) is 2.57. The molecule has 3 nitrogen and oxygen atoms in total. The minimum absolute atomic E-state index is 0.477. The molecule has 134 valence electrons. The van der Waals surface area contributed by atoms with Crippen LogP contribution in [0, 0.1) is 22.7 Å². The van der Waals surface area contributed by atoms with E-state index >= 15 is 0 Å². The summed E-state index contributed by atoms with van der Waals surface area (Å²) in [4.78, 5) is 0. The van der Waals surface area contributed by atoms with Crippen molar-refractivity contribution in [2.24, 2.45) is 0 Å². The van der Waals surface area contributed by atoms with E-state index in [0.717, 1.165) is 38.6 Å². The van der Waals surface area contributed by atoms with E-state index in [1.54, 1.807) is 6.07 Å². The van der Waals surface area contributed by atoms with Crippen LogP contribution in [0.15, 0.2) is 91.0 Å². The van der Waals surface area contributed by atoms with Crippen molar-refractivity contribution in [3.8, 4) is 29.0 Å². The molecule has 5 rings (SSSR count). The maximum Gasteiger partial charge on any atom is 0.101 e. The van der Waals surface area contributed by atoms with Crippen molar-refractivity contribution in [3.05, 3.63) is 102 Å². The highest BCUT2D eigenvalue weighted by Crippen LogP contribution is 2.38. The molecule has 5 aromatic rings. The number of rotatable bonds is 2. The van der Waals surface area contributed by atoms with Gasteiger partial charge in [-0.15, -0.1) is 0 Å². The molecule has 0 spiro atoms. The smallest absolute Gasteiger partial charge is 0.101 e. The Bertz CT molecular complexity index is 1410. The molecule has 0 amide bonds. The average molecular weight is 369 g/mol. The summed E-state index contributed by atoms with van der Waals surface area (Å²) in [7, 11) is 0. The Morgan fingerprint density at radius 2 is 1.21 bits per heavy atom. The van der Waals surface area contributed by atoms with Gasteiger partial charge in [-0.05, 0) is 29.8 Å². The van der Waals surface area contributed by atoms with Crippen LogP contribution in [0.5, 0.6) is 0 Å². The minimum Gasteiger partial charge on any atom is -0.307 e. The Labute approximate surface area is 168 Å². The van der Waals surface area contributed by atoms with Crippen LogP contribution >= 0.6 is 0 Å². The van der Waals surface area contributed by atoms with E-state index in [0.29, 0.717) is 11.1 Å². The highest BCUT2D eigenvalue weighted by Gasteiger charge is 2.19. The summed E-state index contributed by atoms with van der Waals surface area (Å²) in [5.74, 6) is 0. The Hall–Kier alpha value is -4.34. The van der Waals surface area contributed by atoms with Crippen molar-refractivity contribution < 1.29 is 0 Å². The molecule has 0 atom stereocenters. The number of hydrogen-bond donors (Lipinski definition) is 0. The Morgan fingerprint density at radius 1 is 0.621 bits per heavy atom. The second-order valence-electron chi connectivity index (χ2n) is 6.88. The fourth-order valence-corrected chi connectivity index (χ4v) is 4.03. The maximum absolute atomic E-state index is 9.98. The van der Waals surface area contributed by atoms with Crippen molar-refractivity contribution >= 4 is 21.8 Å². The molecule has 0 unspecified atom stereocenters. The molecule has 0 saturated carbocycles. The summed E-state index contributed by atoms with van der Waals surface area (Å²) in [5.41, 5.74) is 5.67. The number of hydrogen-bond acceptors (Lipinski definition) is 2. The van der Waals surface area contributed by atoms with E-state index < -0.39 is 0 Å². The maximum atomic E-state index is 9.98. The number of aromatic nitrogens is 1. The molecule has 29 heavy (non-hydrogen) atoms. The first-order valence-electron chi connectivity index (χ1n) is 9.34. The van der Waals surface area contributed by atoms with Gasteiger partial charge in [0.15, 0.2) is 0 Å². The normalized spacial score (nSPS) is 10.7. The van der Waals surface area contributed by atoms with E-state index in [2.05, 4.69) is 41.0 Å². The molecule has 0 aliphatic rings. The second-order valence-corrected chi connectivity index (χ2v) is 6.88. The van der Waals surface area contributed by atoms with Gasteiger partial charge in [0, 0.05) is 16.3 Å². The molecule has 0 fully saturated rings. The molecule has 4 aromatic carbocycles. The monoisotopic (exact) mass is 369 g/mol. The van der Waals surface area contributed by atoms with E-state index in [1.807, 2.05) is 60.7 Å². The van der Waals surface area contributed by atoms with Gasteiger partial charge in [0.2, 0.25) is 0 Å². The van der Waals surface area contributed by atoms with Crippen LogP contribution in [0.3, 0.4) is 0 Å². The molecular formula is C26H15N3. The Kier molecular flexibility index (Phi) is 3.87. The number of nitrogens with zero attached hydrogens (tertiary/aromatic N) is 3. The quantitative estimate of drug-likeness (QED) is 0.372. The molecule has 1 aromatic heterocycles. The lowest BCUT2D eigenvalue weighted by molar-refractivity contribution is 1.17. The molecule has 3 heteroatoms. The fraction of sp³-hybridized carbons (Fsp3) is 0. The molecule has 0 aliphatic heterocycles. The first-order chi connectivity index (χ1) is 14.3. The van der Waals surface area contributed by atoms with E-state index in [4.69, 9.17) is 0 Å². The van der Waals surface area contributed by atoms with Gasteiger partial charge >= 0.3 is 0 Å². The average Bonchev–Trinajstić information content (AvgIpc) is 3.13. The van der Waals surface area contributed by atoms with Crippen LogP contribution in [0.1, 0.15) is 11.1 Å². The lowest BCUT2D eigenvalue weighted by Crippen LogP contribution is -2.02. The summed E-state index contributed by atoms with van der Waals surface area (Å²) in [5, 5.41) is 21.8. The number of nitriles is 2. The van der Waals surface area contributed by atoms with Gasteiger partial charge in [0.25, 0.3) is 0 Å². The van der Waals surface area contributed by atoms with Crippen LogP contribution in [0.4, 0.5) is 0 Å². The van der Waals surface area contributed by atoms with Crippen LogP contribution in [-0.4, -0.2) is 4.57 Å². The van der Waals surface area contributed by atoms with Crippen molar-refractivity contribution in [3.63, 3.8) is 0 Å².